The molecule has 4 rings (SSSR count). The van der Waals surface area contributed by atoms with Crippen molar-refractivity contribution in [2.24, 2.45) is 4.99 Å². The molecule has 8 heteroatoms. The Morgan fingerprint density at radius 1 is 1.11 bits per heavy atom. The number of fused-ring (bicyclic) bond motifs is 1. The number of hydrogen-bond acceptors (Lipinski definition) is 6. The van der Waals surface area contributed by atoms with Gasteiger partial charge in [-0.1, -0.05) is 12.1 Å². The monoisotopic (exact) mass is 485 g/mol. The molecule has 0 saturated carbocycles. The van der Waals surface area contributed by atoms with Crippen LogP contribution in [0.5, 0.6) is 5.75 Å². The van der Waals surface area contributed by atoms with E-state index in [9.17, 15) is 9.59 Å². The van der Waals surface area contributed by atoms with E-state index >= 15 is 0 Å². The Hall–Kier alpha value is -4.20. The molecule has 1 aromatic heterocycles. The molecule has 0 spiro atoms. The number of anilines is 3. The summed E-state index contributed by atoms with van der Waals surface area (Å²) in [4.78, 5) is 39.2. The normalized spacial score (nSPS) is 12.9. The van der Waals surface area contributed by atoms with Crippen LogP contribution in [-0.2, 0) is 9.59 Å². The molecule has 8 nitrogen and oxygen atoms in total. The van der Waals surface area contributed by atoms with Crippen LogP contribution in [0.4, 0.5) is 22.9 Å². The second kappa shape index (κ2) is 11.0. The first kappa shape index (κ1) is 24.9. The van der Waals surface area contributed by atoms with Gasteiger partial charge >= 0.3 is 0 Å². The van der Waals surface area contributed by atoms with Crippen LogP contribution in [0.25, 0.3) is 0 Å². The van der Waals surface area contributed by atoms with E-state index in [2.05, 4.69) is 35.1 Å². The predicted octanol–water partition coefficient (Wildman–Crippen LogP) is 4.74. The van der Waals surface area contributed by atoms with Crippen LogP contribution in [0.15, 0.2) is 65.8 Å². The van der Waals surface area contributed by atoms with Gasteiger partial charge in [0.15, 0.2) is 5.82 Å². The zero-order valence-electron chi connectivity index (χ0n) is 21.1. The van der Waals surface area contributed by atoms with Gasteiger partial charge in [-0.05, 0) is 68.8 Å². The number of pyridine rings is 1. The Bertz CT molecular complexity index is 1300. The van der Waals surface area contributed by atoms with Crippen molar-refractivity contribution in [2.75, 3.05) is 41.9 Å². The number of nitrogens with one attached hydrogen (secondary N) is 1. The van der Waals surface area contributed by atoms with Crippen molar-refractivity contribution in [1.82, 2.24) is 4.98 Å². The van der Waals surface area contributed by atoms with E-state index in [1.54, 1.807) is 25.4 Å². The molecule has 0 saturated heterocycles. The maximum atomic E-state index is 13.3. The van der Waals surface area contributed by atoms with E-state index in [-0.39, 0.29) is 24.8 Å². The van der Waals surface area contributed by atoms with Gasteiger partial charge in [-0.2, -0.15) is 0 Å². The van der Waals surface area contributed by atoms with Gasteiger partial charge in [-0.15, -0.1) is 0 Å². The maximum absolute atomic E-state index is 13.3. The lowest BCUT2D eigenvalue weighted by Crippen LogP contribution is -2.39. The number of amides is 2. The predicted molar refractivity (Wildman–Crippen MR) is 144 cm³/mol. The molecule has 3 aromatic rings. The number of aromatic nitrogens is 1. The Morgan fingerprint density at radius 3 is 2.64 bits per heavy atom. The van der Waals surface area contributed by atoms with Crippen LogP contribution in [-0.4, -0.2) is 49.3 Å². The third kappa shape index (κ3) is 5.38. The summed E-state index contributed by atoms with van der Waals surface area (Å²) in [5.41, 5.74) is 4.70. The fourth-order valence-electron chi connectivity index (χ4n) is 4.26. The zero-order chi connectivity index (χ0) is 25.7. The smallest absolute Gasteiger partial charge is 0.244 e. The summed E-state index contributed by atoms with van der Waals surface area (Å²) in [6, 6.07) is 16.9. The minimum atomic E-state index is -0.302. The summed E-state index contributed by atoms with van der Waals surface area (Å²) in [6.07, 6.45) is 1.63. The SMILES string of the molecule is CCN(CC)c1ccc(NC(=O)CN2C(=O)CC(c3cccc(OC)c3)=Nc3cccnc32)c(C)c1. The van der Waals surface area contributed by atoms with Crippen molar-refractivity contribution in [3.63, 3.8) is 0 Å². The Morgan fingerprint density at radius 2 is 1.92 bits per heavy atom. The first-order valence-corrected chi connectivity index (χ1v) is 12.1. The highest BCUT2D eigenvalue weighted by atomic mass is 16.5. The number of hydrogen-bond donors (Lipinski definition) is 1. The molecule has 1 N–H and O–H groups in total. The largest absolute Gasteiger partial charge is 0.497 e. The van der Waals surface area contributed by atoms with Gasteiger partial charge in [0.05, 0.1) is 19.2 Å². The molecule has 0 aliphatic carbocycles. The molecule has 2 aromatic carbocycles. The summed E-state index contributed by atoms with van der Waals surface area (Å²) in [6.45, 7) is 7.84. The minimum absolute atomic E-state index is 0.0361. The van der Waals surface area contributed by atoms with Crippen LogP contribution in [0.3, 0.4) is 0 Å². The summed E-state index contributed by atoms with van der Waals surface area (Å²) < 4.78 is 5.33. The molecule has 1 aliphatic heterocycles. The number of benzene rings is 2. The number of aryl methyl sites for hydroxylation is 1. The quantitative estimate of drug-likeness (QED) is 0.498. The van der Waals surface area contributed by atoms with Gasteiger partial charge in [-0.3, -0.25) is 14.5 Å². The summed E-state index contributed by atoms with van der Waals surface area (Å²) in [5.74, 6) is 0.488. The number of carbonyl (C=O) groups is 2. The average molecular weight is 486 g/mol. The molecule has 0 unspecified atom stereocenters. The molecule has 1 aliphatic rings. The first-order chi connectivity index (χ1) is 17.4. The van der Waals surface area contributed by atoms with Crippen LogP contribution in [0.2, 0.25) is 0 Å². The van der Waals surface area contributed by atoms with Gasteiger partial charge in [0, 0.05) is 36.2 Å². The topological polar surface area (TPSA) is 87.1 Å². The number of aliphatic imine (C=N–C) groups is 1. The molecule has 36 heavy (non-hydrogen) atoms. The highest BCUT2D eigenvalue weighted by molar-refractivity contribution is 6.18. The fourth-order valence-corrected chi connectivity index (χ4v) is 4.26. The highest BCUT2D eigenvalue weighted by Crippen LogP contribution is 2.31. The average Bonchev–Trinajstić information content (AvgIpc) is 3.02. The lowest BCUT2D eigenvalue weighted by Gasteiger charge is -2.23. The lowest BCUT2D eigenvalue weighted by atomic mass is 10.1. The lowest BCUT2D eigenvalue weighted by molar-refractivity contribution is -0.120. The van der Waals surface area contributed by atoms with Gasteiger partial charge < -0.3 is 15.0 Å². The van der Waals surface area contributed by atoms with E-state index in [4.69, 9.17) is 9.73 Å². The number of nitrogens with zero attached hydrogens (tertiary/aromatic N) is 4. The van der Waals surface area contributed by atoms with Gasteiger partial charge in [0.1, 0.15) is 18.0 Å². The van der Waals surface area contributed by atoms with Crippen molar-refractivity contribution >= 4 is 40.4 Å². The Balaban J connectivity index is 1.55. The van der Waals surface area contributed by atoms with Crippen molar-refractivity contribution in [1.29, 1.82) is 0 Å². The molecule has 2 heterocycles. The second-order valence-electron chi connectivity index (χ2n) is 8.51. The van der Waals surface area contributed by atoms with Crippen LogP contribution < -0.4 is 19.9 Å². The number of carbonyl (C=O) groups excluding carboxylic acids is 2. The van der Waals surface area contributed by atoms with Crippen molar-refractivity contribution < 1.29 is 14.3 Å². The highest BCUT2D eigenvalue weighted by Gasteiger charge is 2.28. The molecular formula is C28H31N5O3. The van der Waals surface area contributed by atoms with Gasteiger partial charge in [-0.25, -0.2) is 9.98 Å². The second-order valence-corrected chi connectivity index (χ2v) is 8.51. The number of rotatable bonds is 8. The summed E-state index contributed by atoms with van der Waals surface area (Å²) >= 11 is 0. The van der Waals surface area contributed by atoms with Crippen molar-refractivity contribution in [2.45, 2.75) is 27.2 Å². The van der Waals surface area contributed by atoms with E-state index in [1.165, 1.54) is 4.90 Å². The number of methoxy groups -OCH3 is 1. The van der Waals surface area contributed by atoms with Crippen LogP contribution in [0.1, 0.15) is 31.4 Å². The summed E-state index contributed by atoms with van der Waals surface area (Å²) in [7, 11) is 1.59. The molecule has 186 valence electrons. The Labute approximate surface area is 211 Å². The van der Waals surface area contributed by atoms with E-state index in [0.29, 0.717) is 28.7 Å². The van der Waals surface area contributed by atoms with Gasteiger partial charge in [0.2, 0.25) is 11.8 Å². The molecule has 0 radical (unpaired) electrons. The molecular weight excluding hydrogens is 454 g/mol. The number of ether oxygens (including phenoxy) is 1. The maximum Gasteiger partial charge on any atom is 0.244 e. The minimum Gasteiger partial charge on any atom is -0.497 e. The Kier molecular flexibility index (Phi) is 7.63. The molecule has 2 amide bonds. The van der Waals surface area contributed by atoms with E-state index in [1.807, 2.05) is 43.3 Å². The zero-order valence-corrected chi connectivity index (χ0v) is 21.1. The third-order valence-electron chi connectivity index (χ3n) is 6.21. The van der Waals surface area contributed by atoms with Crippen molar-refractivity contribution in [3.8, 4) is 5.75 Å². The molecule has 0 atom stereocenters. The standard InChI is InChI=1S/C28H31N5O3/c1-5-32(6-2)21-12-13-23(19(3)15-21)31-26(34)18-33-27(35)17-25(20-9-7-10-22(16-20)36-4)30-24-11-8-14-29-28(24)33/h7-16H,5-6,17-18H2,1-4H3,(H,31,34). The summed E-state index contributed by atoms with van der Waals surface area (Å²) in [5, 5.41) is 2.96. The fraction of sp³-hybridized carbons (Fsp3) is 0.286. The van der Waals surface area contributed by atoms with Crippen LogP contribution >= 0.6 is 0 Å². The molecule has 0 bridgehead atoms. The first-order valence-electron chi connectivity index (χ1n) is 12.1. The van der Waals surface area contributed by atoms with Gasteiger partial charge in [0.25, 0.3) is 0 Å². The molecule has 0 fully saturated rings. The van der Waals surface area contributed by atoms with E-state index < -0.39 is 0 Å². The third-order valence-corrected chi connectivity index (χ3v) is 6.21. The van der Waals surface area contributed by atoms with Crippen LogP contribution in [0, 0.1) is 6.92 Å². The van der Waals surface area contributed by atoms with Crippen molar-refractivity contribution in [3.05, 3.63) is 71.9 Å². The van der Waals surface area contributed by atoms with E-state index in [0.717, 1.165) is 29.9 Å².